The van der Waals surface area contributed by atoms with E-state index in [0.29, 0.717) is 51.9 Å². The molecular formula is C42H88N2O7P+. The monoisotopic (exact) mass is 764 g/mol. The average Bonchev–Trinajstić information content (AvgIpc) is 3.13. The maximum atomic E-state index is 14.6. The van der Waals surface area contributed by atoms with Crippen LogP contribution in [-0.2, 0) is 13.6 Å². The van der Waals surface area contributed by atoms with E-state index in [1.807, 2.05) is 9.80 Å². The lowest BCUT2D eigenvalue weighted by Gasteiger charge is -2.41. The number of hydrogen-bond donors (Lipinski definition) is 4. The minimum atomic E-state index is -2.64. The number of nitrogens with zero attached hydrogens (tertiary/aromatic N) is 2. The van der Waals surface area contributed by atoms with Crippen LogP contribution in [0.25, 0.3) is 0 Å². The molecule has 0 atom stereocenters. The number of unbranched alkanes of at least 4 members (excludes halogenated alkanes) is 20. The quantitative estimate of drug-likeness (QED) is 0.0273. The number of hydrogen-bond acceptors (Lipinski definition) is 9. The second kappa shape index (κ2) is 36.4. The lowest BCUT2D eigenvalue weighted by Crippen LogP contribution is -2.54. The first-order valence-corrected chi connectivity index (χ1v) is 23.3. The molecule has 0 aromatic carbocycles. The lowest BCUT2D eigenvalue weighted by atomic mass is 9.95. The summed E-state index contributed by atoms with van der Waals surface area (Å²) in [6, 6.07) is 0. The van der Waals surface area contributed by atoms with Gasteiger partial charge in [-0.3, -0.25) is 9.80 Å². The summed E-state index contributed by atoms with van der Waals surface area (Å²) in [7, 11) is -2.64. The molecule has 0 bridgehead atoms. The van der Waals surface area contributed by atoms with E-state index in [0.717, 1.165) is 77.0 Å². The van der Waals surface area contributed by atoms with Gasteiger partial charge < -0.3 is 20.4 Å². The van der Waals surface area contributed by atoms with Crippen LogP contribution in [0.3, 0.4) is 0 Å². The van der Waals surface area contributed by atoms with E-state index >= 15 is 0 Å². The van der Waals surface area contributed by atoms with Gasteiger partial charge in [0.05, 0.1) is 26.4 Å². The Bertz CT molecular complexity index is 675. The molecule has 0 fully saturated rings. The van der Waals surface area contributed by atoms with Gasteiger partial charge in [0.2, 0.25) is 0 Å². The highest BCUT2D eigenvalue weighted by atomic mass is 31.1. The molecule has 10 heteroatoms. The Morgan fingerprint density at radius 1 is 0.385 bits per heavy atom. The van der Waals surface area contributed by atoms with Crippen LogP contribution in [0.15, 0.2) is 0 Å². The molecule has 0 aliphatic carbocycles. The fourth-order valence-electron chi connectivity index (χ4n) is 7.72. The molecule has 0 rings (SSSR count). The van der Waals surface area contributed by atoms with Gasteiger partial charge in [-0.25, -0.2) is 0 Å². The minimum Gasteiger partial charge on any atom is -0.395 e. The Hall–Kier alpha value is -0.220. The van der Waals surface area contributed by atoms with E-state index in [2.05, 4.69) is 27.7 Å². The van der Waals surface area contributed by atoms with Crippen LogP contribution in [-0.4, -0.2) is 94.3 Å². The van der Waals surface area contributed by atoms with Crippen LogP contribution >= 0.6 is 8.25 Å². The second-order valence-electron chi connectivity index (χ2n) is 15.2. The zero-order chi connectivity index (χ0) is 38.6. The molecular weight excluding hydrogens is 675 g/mol. The molecule has 4 N–H and O–H groups in total. The summed E-state index contributed by atoms with van der Waals surface area (Å²) in [6.07, 6.45) is 29.4. The van der Waals surface area contributed by atoms with Crippen molar-refractivity contribution in [2.45, 2.75) is 219 Å². The molecule has 0 saturated carbocycles. The summed E-state index contributed by atoms with van der Waals surface area (Å²) in [5.74, 6) is 0. The largest absolute Gasteiger partial charge is 0.701 e. The Morgan fingerprint density at radius 3 is 0.808 bits per heavy atom. The van der Waals surface area contributed by atoms with Gasteiger partial charge in [0, 0.05) is 30.7 Å². The van der Waals surface area contributed by atoms with Crippen molar-refractivity contribution in [3.8, 4) is 0 Å². The van der Waals surface area contributed by atoms with Gasteiger partial charge in [-0.1, -0.05) is 165 Å². The molecule has 0 aliphatic rings. The topological polar surface area (TPSA) is 123 Å². The molecule has 0 spiro atoms. The average molecular weight is 764 g/mol. The van der Waals surface area contributed by atoms with Gasteiger partial charge in [-0.05, 0) is 51.4 Å². The summed E-state index contributed by atoms with van der Waals surface area (Å²) < 4.78 is 28.2. The molecule has 0 aromatic heterocycles. The first-order chi connectivity index (χ1) is 25.4. The van der Waals surface area contributed by atoms with Crippen LogP contribution in [0.1, 0.15) is 207 Å². The van der Waals surface area contributed by atoms with E-state index < -0.39 is 19.7 Å². The normalized spacial score (nSPS) is 12.5. The van der Waals surface area contributed by atoms with Crippen LogP contribution < -0.4 is 0 Å². The first kappa shape index (κ1) is 51.8. The van der Waals surface area contributed by atoms with Gasteiger partial charge in [-0.15, -0.1) is 0 Å². The fourth-order valence-corrected chi connectivity index (χ4v) is 8.91. The third kappa shape index (κ3) is 24.3. The number of rotatable bonds is 42. The van der Waals surface area contributed by atoms with Gasteiger partial charge in [0.25, 0.3) is 0 Å². The molecule has 0 saturated heterocycles. The third-order valence-electron chi connectivity index (χ3n) is 10.8. The van der Waals surface area contributed by atoms with Crippen molar-refractivity contribution < 1.29 is 34.0 Å². The van der Waals surface area contributed by atoms with Crippen LogP contribution in [0.5, 0.6) is 0 Å². The van der Waals surface area contributed by atoms with Crippen LogP contribution in [0.4, 0.5) is 0 Å². The van der Waals surface area contributed by atoms with Crippen molar-refractivity contribution in [3.05, 3.63) is 0 Å². The van der Waals surface area contributed by atoms with E-state index in [9.17, 15) is 25.0 Å². The molecule has 52 heavy (non-hydrogen) atoms. The second-order valence-corrected chi connectivity index (χ2v) is 16.1. The summed E-state index contributed by atoms with van der Waals surface area (Å²) in [6.45, 7) is 9.80. The standard InChI is InChI=1S/C42H88N2O7P/c1-5-9-13-17-21-25-29-41(43(33-37-45)34-38-46,30-26-22-18-14-10-6-2)50-52(49)51-42(44(35-39-47)36-40-48,31-27-23-19-15-11-7-3)32-28-24-20-16-12-8-4/h45-48H,5-40H2,1-4H3/q+1. The minimum absolute atomic E-state index is 0.0868. The third-order valence-corrected chi connectivity index (χ3v) is 11.8. The van der Waals surface area contributed by atoms with Gasteiger partial charge in [-0.2, -0.15) is 0 Å². The van der Waals surface area contributed by atoms with E-state index in [1.165, 1.54) is 77.0 Å². The van der Waals surface area contributed by atoms with Crippen LogP contribution in [0, 0.1) is 0 Å². The van der Waals surface area contributed by atoms with Crippen LogP contribution in [0.2, 0.25) is 0 Å². The molecule has 0 amide bonds. The molecule has 0 aliphatic heterocycles. The predicted molar refractivity (Wildman–Crippen MR) is 219 cm³/mol. The van der Waals surface area contributed by atoms with Crippen molar-refractivity contribution in [2.24, 2.45) is 0 Å². The van der Waals surface area contributed by atoms with Crippen molar-refractivity contribution in [1.82, 2.24) is 9.80 Å². The van der Waals surface area contributed by atoms with E-state index in [1.54, 1.807) is 0 Å². The molecule has 0 unspecified atom stereocenters. The maximum absolute atomic E-state index is 14.6. The first-order valence-electron chi connectivity index (χ1n) is 22.2. The Kier molecular flexibility index (Phi) is 36.3. The van der Waals surface area contributed by atoms with Gasteiger partial charge in [0.15, 0.2) is 11.4 Å². The molecule has 9 nitrogen and oxygen atoms in total. The number of aliphatic hydroxyl groups excluding tert-OH is 4. The van der Waals surface area contributed by atoms with Gasteiger partial charge in [0.1, 0.15) is 0 Å². The molecule has 0 radical (unpaired) electrons. The van der Waals surface area contributed by atoms with E-state index in [-0.39, 0.29) is 26.4 Å². The maximum Gasteiger partial charge on any atom is 0.701 e. The fraction of sp³-hybridized carbons (Fsp3) is 1.00. The lowest BCUT2D eigenvalue weighted by molar-refractivity contribution is -0.144. The zero-order valence-corrected chi connectivity index (χ0v) is 35.7. The Labute approximate surface area is 323 Å². The molecule has 312 valence electrons. The Balaban J connectivity index is 6.63. The van der Waals surface area contributed by atoms with Crippen molar-refractivity contribution in [2.75, 3.05) is 52.6 Å². The molecule has 0 heterocycles. The summed E-state index contributed by atoms with van der Waals surface area (Å²) in [4.78, 5) is 4.04. The van der Waals surface area contributed by atoms with Crippen molar-refractivity contribution >= 4 is 8.25 Å². The summed E-state index contributed by atoms with van der Waals surface area (Å²) in [5.41, 5.74) is -1.89. The highest BCUT2D eigenvalue weighted by Gasteiger charge is 2.51. The highest BCUT2D eigenvalue weighted by molar-refractivity contribution is 7.33. The van der Waals surface area contributed by atoms with Gasteiger partial charge >= 0.3 is 8.25 Å². The number of aliphatic hydroxyl groups is 4. The van der Waals surface area contributed by atoms with Crippen molar-refractivity contribution in [3.63, 3.8) is 0 Å². The summed E-state index contributed by atoms with van der Waals surface area (Å²) in [5, 5.41) is 40.7. The Morgan fingerprint density at radius 2 is 0.596 bits per heavy atom. The molecule has 0 aromatic rings. The highest BCUT2D eigenvalue weighted by Crippen LogP contribution is 2.46. The SMILES string of the molecule is CCCCCCCCC(CCCCCCCC)(O[P+](=O)OC(CCCCCCCC)(CCCCCCCC)N(CCO)CCO)N(CCO)CCO. The smallest absolute Gasteiger partial charge is 0.395 e. The zero-order valence-electron chi connectivity index (χ0n) is 34.8. The van der Waals surface area contributed by atoms with E-state index in [4.69, 9.17) is 9.05 Å². The van der Waals surface area contributed by atoms with Crippen molar-refractivity contribution in [1.29, 1.82) is 0 Å². The predicted octanol–water partition coefficient (Wildman–Crippen LogP) is 10.6. The summed E-state index contributed by atoms with van der Waals surface area (Å²) >= 11 is 0.